The predicted octanol–water partition coefficient (Wildman–Crippen LogP) is 2.38. The van der Waals surface area contributed by atoms with Crippen LogP contribution in [0.4, 0.5) is 0 Å². The van der Waals surface area contributed by atoms with Crippen LogP contribution in [0, 0.1) is 0 Å². The van der Waals surface area contributed by atoms with Crippen molar-refractivity contribution in [3.63, 3.8) is 0 Å². The Kier molecular flexibility index (Phi) is 4.07. The predicted molar refractivity (Wildman–Crippen MR) is 54.8 cm³/mol. The highest BCUT2D eigenvalue weighted by molar-refractivity contribution is 4.96. The zero-order valence-corrected chi connectivity index (χ0v) is 9.16. The van der Waals surface area contributed by atoms with Gasteiger partial charge < -0.3 is 10.3 Å². The Labute approximate surface area is 84.9 Å². The highest BCUT2D eigenvalue weighted by Crippen LogP contribution is 2.20. The fourth-order valence-electron chi connectivity index (χ4n) is 1.34. The van der Waals surface area contributed by atoms with Crippen LogP contribution >= 0.6 is 0 Å². The normalized spacial score (nSPS) is 15.4. The summed E-state index contributed by atoms with van der Waals surface area (Å²) in [5.41, 5.74) is 5.80. The van der Waals surface area contributed by atoms with Gasteiger partial charge in [0.2, 0.25) is 5.89 Å². The van der Waals surface area contributed by atoms with Crippen LogP contribution in [0.25, 0.3) is 0 Å². The van der Waals surface area contributed by atoms with Gasteiger partial charge in [0.25, 0.3) is 0 Å². The molecule has 1 rings (SSSR count). The van der Waals surface area contributed by atoms with Gasteiger partial charge in [-0.05, 0) is 12.8 Å². The molecule has 0 aromatic carbocycles. The molecule has 0 amide bonds. The third-order valence-electron chi connectivity index (χ3n) is 2.37. The summed E-state index contributed by atoms with van der Waals surface area (Å²) in [7, 11) is 0. The Hall–Kier alpha value is -0.900. The molecule has 0 radical (unpaired) electrons. The number of nitrogens with two attached hydrogens (primary N) is 1. The molecule has 0 saturated carbocycles. The molecule has 0 aliphatic rings. The maximum atomic E-state index is 5.80. The smallest absolute Gasteiger partial charge is 0.229 e. The van der Waals surface area contributed by atoms with Crippen molar-refractivity contribution in [1.29, 1.82) is 0 Å². The van der Waals surface area contributed by atoms with Gasteiger partial charge in [0.15, 0.2) is 5.82 Å². The molecule has 2 N–H and O–H groups in total. The minimum Gasteiger partial charge on any atom is -0.339 e. The van der Waals surface area contributed by atoms with Gasteiger partial charge in [0.1, 0.15) is 0 Å². The van der Waals surface area contributed by atoms with Gasteiger partial charge in [0.05, 0.1) is 6.04 Å². The summed E-state index contributed by atoms with van der Waals surface area (Å²) >= 11 is 0. The van der Waals surface area contributed by atoms with Crippen LogP contribution < -0.4 is 5.73 Å². The maximum Gasteiger partial charge on any atom is 0.229 e. The molecule has 0 aliphatic heterocycles. The van der Waals surface area contributed by atoms with E-state index in [1.54, 1.807) is 0 Å². The van der Waals surface area contributed by atoms with E-state index in [0.29, 0.717) is 17.6 Å². The summed E-state index contributed by atoms with van der Waals surface area (Å²) in [5, 5.41) is 3.88. The first-order valence-corrected chi connectivity index (χ1v) is 5.28. The molecule has 0 aliphatic carbocycles. The minimum absolute atomic E-state index is 0.0960. The van der Waals surface area contributed by atoms with Gasteiger partial charge in [-0.25, -0.2) is 0 Å². The zero-order chi connectivity index (χ0) is 10.6. The number of rotatable bonds is 5. The standard InChI is InChI=1S/C10H19N3O/c1-4-6-7(3)10-12-9(13-14-10)8(11)5-2/h7-8H,4-6,11H2,1-3H3. The van der Waals surface area contributed by atoms with E-state index in [0.717, 1.165) is 19.3 Å². The Morgan fingerprint density at radius 2 is 2.14 bits per heavy atom. The van der Waals surface area contributed by atoms with Gasteiger partial charge in [-0.2, -0.15) is 4.98 Å². The van der Waals surface area contributed by atoms with Crippen LogP contribution in [0.3, 0.4) is 0 Å². The summed E-state index contributed by atoms with van der Waals surface area (Å²) in [6.45, 7) is 6.25. The molecular formula is C10H19N3O. The summed E-state index contributed by atoms with van der Waals surface area (Å²) in [6, 6.07) is -0.0960. The highest BCUT2D eigenvalue weighted by Gasteiger charge is 2.16. The van der Waals surface area contributed by atoms with Crippen molar-refractivity contribution in [3.05, 3.63) is 11.7 Å². The molecule has 0 spiro atoms. The molecule has 14 heavy (non-hydrogen) atoms. The van der Waals surface area contributed by atoms with E-state index in [4.69, 9.17) is 10.3 Å². The Morgan fingerprint density at radius 3 is 2.71 bits per heavy atom. The molecule has 0 fully saturated rings. The van der Waals surface area contributed by atoms with Crippen molar-refractivity contribution in [2.75, 3.05) is 0 Å². The van der Waals surface area contributed by atoms with Crippen molar-refractivity contribution >= 4 is 0 Å². The van der Waals surface area contributed by atoms with Crippen LogP contribution in [-0.2, 0) is 0 Å². The fourth-order valence-corrected chi connectivity index (χ4v) is 1.34. The van der Waals surface area contributed by atoms with Crippen LogP contribution in [0.15, 0.2) is 4.52 Å². The minimum atomic E-state index is -0.0960. The van der Waals surface area contributed by atoms with E-state index in [1.807, 2.05) is 6.92 Å². The summed E-state index contributed by atoms with van der Waals surface area (Å²) < 4.78 is 5.16. The lowest BCUT2D eigenvalue weighted by molar-refractivity contribution is 0.346. The van der Waals surface area contributed by atoms with Crippen LogP contribution in [-0.4, -0.2) is 10.1 Å². The van der Waals surface area contributed by atoms with Crippen LogP contribution in [0.1, 0.15) is 63.7 Å². The second kappa shape index (κ2) is 5.10. The van der Waals surface area contributed by atoms with Gasteiger partial charge in [0, 0.05) is 5.92 Å². The first-order valence-electron chi connectivity index (χ1n) is 5.28. The Balaban J connectivity index is 2.67. The average Bonchev–Trinajstić information content (AvgIpc) is 2.66. The van der Waals surface area contributed by atoms with Crippen LogP contribution in [0.2, 0.25) is 0 Å². The van der Waals surface area contributed by atoms with Crippen LogP contribution in [0.5, 0.6) is 0 Å². The summed E-state index contributed by atoms with van der Waals surface area (Å²) in [4.78, 5) is 4.30. The van der Waals surface area contributed by atoms with E-state index in [2.05, 4.69) is 24.0 Å². The molecule has 80 valence electrons. The van der Waals surface area contributed by atoms with Crippen molar-refractivity contribution in [1.82, 2.24) is 10.1 Å². The number of hydrogen-bond donors (Lipinski definition) is 1. The molecule has 2 unspecified atom stereocenters. The molecular weight excluding hydrogens is 178 g/mol. The molecule has 1 aromatic heterocycles. The third-order valence-corrected chi connectivity index (χ3v) is 2.37. The topological polar surface area (TPSA) is 64.9 Å². The number of aromatic nitrogens is 2. The number of hydrogen-bond acceptors (Lipinski definition) is 4. The molecule has 0 saturated heterocycles. The monoisotopic (exact) mass is 197 g/mol. The molecule has 0 bridgehead atoms. The van der Waals surface area contributed by atoms with E-state index < -0.39 is 0 Å². The SMILES string of the molecule is CCCC(C)c1nc(C(N)CC)no1. The van der Waals surface area contributed by atoms with Gasteiger partial charge in [-0.1, -0.05) is 32.3 Å². The summed E-state index contributed by atoms with van der Waals surface area (Å²) in [5.74, 6) is 1.68. The molecule has 4 heteroatoms. The molecule has 4 nitrogen and oxygen atoms in total. The molecule has 1 heterocycles. The Bertz CT molecular complexity index is 272. The third kappa shape index (κ3) is 2.54. The Morgan fingerprint density at radius 1 is 1.43 bits per heavy atom. The van der Waals surface area contributed by atoms with Crippen molar-refractivity contribution in [2.24, 2.45) is 5.73 Å². The largest absolute Gasteiger partial charge is 0.339 e. The fraction of sp³-hybridized carbons (Fsp3) is 0.800. The first-order chi connectivity index (χ1) is 6.69. The lowest BCUT2D eigenvalue weighted by Crippen LogP contribution is -2.10. The van der Waals surface area contributed by atoms with E-state index in [-0.39, 0.29) is 6.04 Å². The quantitative estimate of drug-likeness (QED) is 0.787. The maximum absolute atomic E-state index is 5.80. The second-order valence-electron chi connectivity index (χ2n) is 3.70. The lowest BCUT2D eigenvalue weighted by atomic mass is 10.1. The van der Waals surface area contributed by atoms with Gasteiger partial charge >= 0.3 is 0 Å². The first kappa shape index (κ1) is 11.2. The van der Waals surface area contributed by atoms with Crippen molar-refractivity contribution in [2.45, 2.75) is 52.0 Å². The second-order valence-corrected chi connectivity index (χ2v) is 3.70. The van der Waals surface area contributed by atoms with Gasteiger partial charge in [-0.15, -0.1) is 0 Å². The van der Waals surface area contributed by atoms with Crippen molar-refractivity contribution < 1.29 is 4.52 Å². The zero-order valence-electron chi connectivity index (χ0n) is 9.16. The van der Waals surface area contributed by atoms with Crippen molar-refractivity contribution in [3.8, 4) is 0 Å². The molecule has 2 atom stereocenters. The highest BCUT2D eigenvalue weighted by atomic mass is 16.5. The summed E-state index contributed by atoms with van der Waals surface area (Å²) in [6.07, 6.45) is 3.03. The molecule has 1 aromatic rings. The van der Waals surface area contributed by atoms with E-state index in [1.165, 1.54) is 0 Å². The van der Waals surface area contributed by atoms with Gasteiger partial charge in [-0.3, -0.25) is 0 Å². The number of nitrogens with zero attached hydrogens (tertiary/aromatic N) is 2. The lowest BCUT2D eigenvalue weighted by Gasteiger charge is -2.02. The van der Waals surface area contributed by atoms with E-state index >= 15 is 0 Å². The average molecular weight is 197 g/mol. The van der Waals surface area contributed by atoms with E-state index in [9.17, 15) is 0 Å².